The van der Waals surface area contributed by atoms with Gasteiger partial charge in [-0.1, -0.05) is 0 Å². The van der Waals surface area contributed by atoms with Crippen molar-refractivity contribution in [3.63, 3.8) is 0 Å². The minimum atomic E-state index is 0.202. The lowest BCUT2D eigenvalue weighted by atomic mass is 9.91. The van der Waals surface area contributed by atoms with Crippen LogP contribution in [0.25, 0.3) is 0 Å². The molecule has 0 spiro atoms. The molecule has 18 heavy (non-hydrogen) atoms. The summed E-state index contributed by atoms with van der Waals surface area (Å²) in [6, 6.07) is 2.94. The van der Waals surface area contributed by atoms with Crippen LogP contribution in [-0.2, 0) is 13.0 Å². The Bertz CT molecular complexity index is 418. The molecule has 3 heterocycles. The molecule has 0 bridgehead atoms. The number of nitrogens with zero attached hydrogens (tertiary/aromatic N) is 2. The van der Waals surface area contributed by atoms with Crippen LogP contribution in [0.1, 0.15) is 23.8 Å². The molecule has 3 rings (SSSR count). The molecule has 100 valence electrons. The van der Waals surface area contributed by atoms with Crippen LogP contribution in [0.3, 0.4) is 0 Å². The summed E-state index contributed by atoms with van der Waals surface area (Å²) >= 11 is 1.91. The summed E-state index contributed by atoms with van der Waals surface area (Å²) in [5.41, 5.74) is 7.88. The van der Waals surface area contributed by atoms with E-state index in [-0.39, 0.29) is 5.54 Å². The molecular formula is C14H23N3S. The molecule has 1 aromatic heterocycles. The van der Waals surface area contributed by atoms with Gasteiger partial charge < -0.3 is 10.6 Å². The van der Waals surface area contributed by atoms with Crippen molar-refractivity contribution in [1.29, 1.82) is 0 Å². The van der Waals surface area contributed by atoms with Crippen molar-refractivity contribution in [2.75, 3.05) is 26.7 Å². The van der Waals surface area contributed by atoms with E-state index in [0.29, 0.717) is 6.04 Å². The van der Waals surface area contributed by atoms with E-state index in [1.165, 1.54) is 24.9 Å². The Morgan fingerprint density at radius 2 is 2.39 bits per heavy atom. The molecule has 2 unspecified atom stereocenters. The number of likely N-dealkylation sites (N-methyl/N-ethyl adjacent to an activating group) is 1. The van der Waals surface area contributed by atoms with E-state index in [2.05, 4.69) is 35.2 Å². The maximum Gasteiger partial charge on any atom is 0.0476 e. The predicted molar refractivity (Wildman–Crippen MR) is 76.9 cm³/mol. The van der Waals surface area contributed by atoms with Gasteiger partial charge in [0.2, 0.25) is 0 Å². The van der Waals surface area contributed by atoms with E-state index >= 15 is 0 Å². The van der Waals surface area contributed by atoms with E-state index < -0.39 is 0 Å². The van der Waals surface area contributed by atoms with E-state index in [9.17, 15) is 0 Å². The molecule has 0 saturated carbocycles. The molecule has 1 saturated heterocycles. The first-order valence-electron chi connectivity index (χ1n) is 6.85. The molecule has 0 aromatic carbocycles. The molecule has 2 atom stereocenters. The van der Waals surface area contributed by atoms with Gasteiger partial charge >= 0.3 is 0 Å². The summed E-state index contributed by atoms with van der Waals surface area (Å²) in [7, 11) is 2.22. The zero-order chi connectivity index (χ0) is 12.8. The van der Waals surface area contributed by atoms with Crippen molar-refractivity contribution in [3.05, 3.63) is 21.9 Å². The highest BCUT2D eigenvalue weighted by Crippen LogP contribution is 2.35. The third-order valence-electron chi connectivity index (χ3n) is 4.83. The summed E-state index contributed by atoms with van der Waals surface area (Å²) < 4.78 is 0. The Balaban J connectivity index is 1.82. The van der Waals surface area contributed by atoms with Crippen LogP contribution in [0.2, 0.25) is 0 Å². The monoisotopic (exact) mass is 265 g/mol. The molecule has 0 aliphatic carbocycles. The minimum absolute atomic E-state index is 0.202. The first-order chi connectivity index (χ1) is 8.64. The van der Waals surface area contributed by atoms with E-state index in [1.54, 1.807) is 4.88 Å². The number of thiophene rings is 1. The predicted octanol–water partition coefficient (Wildman–Crippen LogP) is 1.53. The smallest absolute Gasteiger partial charge is 0.0476 e. The largest absolute Gasteiger partial charge is 0.329 e. The van der Waals surface area contributed by atoms with Crippen molar-refractivity contribution in [3.8, 4) is 0 Å². The van der Waals surface area contributed by atoms with Crippen LogP contribution < -0.4 is 5.73 Å². The van der Waals surface area contributed by atoms with Crippen LogP contribution >= 0.6 is 11.3 Å². The molecule has 1 aromatic rings. The topological polar surface area (TPSA) is 32.5 Å². The number of fused-ring (bicyclic) bond motifs is 1. The van der Waals surface area contributed by atoms with Gasteiger partial charge in [-0.25, -0.2) is 0 Å². The first-order valence-corrected chi connectivity index (χ1v) is 7.73. The third-order valence-corrected chi connectivity index (χ3v) is 5.85. The molecule has 3 nitrogen and oxygen atoms in total. The summed E-state index contributed by atoms with van der Waals surface area (Å²) in [5, 5.41) is 2.23. The zero-order valence-electron chi connectivity index (χ0n) is 11.4. The lowest BCUT2D eigenvalue weighted by Crippen LogP contribution is -2.56. The second-order valence-electron chi connectivity index (χ2n) is 5.94. The fourth-order valence-corrected chi connectivity index (χ4v) is 4.44. The number of hydrogen-bond acceptors (Lipinski definition) is 4. The van der Waals surface area contributed by atoms with E-state index in [0.717, 1.165) is 19.6 Å². The fraction of sp³-hybridized carbons (Fsp3) is 0.714. The maximum atomic E-state index is 6.15. The Morgan fingerprint density at radius 1 is 1.56 bits per heavy atom. The minimum Gasteiger partial charge on any atom is -0.329 e. The molecule has 1 fully saturated rings. The Hall–Kier alpha value is -0.420. The van der Waals surface area contributed by atoms with Crippen molar-refractivity contribution in [2.24, 2.45) is 5.73 Å². The van der Waals surface area contributed by atoms with Gasteiger partial charge in [-0.15, -0.1) is 11.3 Å². The van der Waals surface area contributed by atoms with Crippen LogP contribution in [0.4, 0.5) is 0 Å². The second kappa shape index (κ2) is 4.60. The van der Waals surface area contributed by atoms with Crippen LogP contribution in [-0.4, -0.2) is 48.1 Å². The molecule has 2 aliphatic heterocycles. The Labute approximate surface area is 114 Å². The van der Waals surface area contributed by atoms with Crippen molar-refractivity contribution in [2.45, 2.75) is 37.9 Å². The highest BCUT2D eigenvalue weighted by atomic mass is 32.1. The number of rotatable bonds is 2. The van der Waals surface area contributed by atoms with Crippen molar-refractivity contribution < 1.29 is 0 Å². The van der Waals surface area contributed by atoms with Gasteiger partial charge in [0.05, 0.1) is 0 Å². The number of nitrogens with two attached hydrogens (primary N) is 1. The quantitative estimate of drug-likeness (QED) is 0.880. The summed E-state index contributed by atoms with van der Waals surface area (Å²) in [4.78, 5) is 6.68. The van der Waals surface area contributed by atoms with Gasteiger partial charge in [0, 0.05) is 42.6 Å². The highest BCUT2D eigenvalue weighted by Gasteiger charge is 2.44. The molecule has 0 radical (unpaired) electrons. The highest BCUT2D eigenvalue weighted by molar-refractivity contribution is 7.10. The molecule has 4 heteroatoms. The number of hydrogen-bond donors (Lipinski definition) is 1. The van der Waals surface area contributed by atoms with Crippen molar-refractivity contribution in [1.82, 2.24) is 9.80 Å². The summed E-state index contributed by atoms with van der Waals surface area (Å²) in [5.74, 6) is 0. The van der Waals surface area contributed by atoms with Crippen LogP contribution in [0.5, 0.6) is 0 Å². The standard InChI is InChI=1S/C14H23N3S/c1-11-7-14(9-15,10-16(11)2)17-5-3-13-12(8-17)4-6-18-13/h4,6,11H,3,5,7-10,15H2,1-2H3. The van der Waals surface area contributed by atoms with Gasteiger partial charge in [-0.3, -0.25) is 4.90 Å². The molecule has 2 aliphatic rings. The van der Waals surface area contributed by atoms with Crippen molar-refractivity contribution >= 4 is 11.3 Å². The lowest BCUT2D eigenvalue weighted by Gasteiger charge is -2.42. The molecular weight excluding hydrogens is 242 g/mol. The van der Waals surface area contributed by atoms with E-state index in [1.807, 2.05) is 11.3 Å². The Kier molecular flexibility index (Phi) is 3.22. The molecule has 2 N–H and O–H groups in total. The summed E-state index contributed by atoms with van der Waals surface area (Å²) in [6.07, 6.45) is 2.41. The average Bonchev–Trinajstić information content (AvgIpc) is 2.94. The Morgan fingerprint density at radius 3 is 3.06 bits per heavy atom. The van der Waals surface area contributed by atoms with E-state index in [4.69, 9.17) is 5.73 Å². The van der Waals surface area contributed by atoms with Crippen LogP contribution in [0, 0.1) is 0 Å². The first kappa shape index (κ1) is 12.6. The van der Waals surface area contributed by atoms with Gasteiger partial charge in [-0.05, 0) is 43.8 Å². The molecule has 0 amide bonds. The zero-order valence-corrected chi connectivity index (χ0v) is 12.2. The SMILES string of the molecule is CC1CC(CN)(N2CCc3sccc3C2)CN1C. The maximum absolute atomic E-state index is 6.15. The summed E-state index contributed by atoms with van der Waals surface area (Å²) in [6.45, 7) is 6.48. The lowest BCUT2D eigenvalue weighted by molar-refractivity contribution is 0.0877. The third kappa shape index (κ3) is 1.92. The van der Waals surface area contributed by atoms with Gasteiger partial charge in [0.25, 0.3) is 0 Å². The number of likely N-dealkylation sites (tertiary alicyclic amines) is 1. The van der Waals surface area contributed by atoms with Gasteiger partial charge in [-0.2, -0.15) is 0 Å². The van der Waals surface area contributed by atoms with Crippen LogP contribution in [0.15, 0.2) is 11.4 Å². The van der Waals surface area contributed by atoms with Gasteiger partial charge in [0.15, 0.2) is 0 Å². The van der Waals surface area contributed by atoms with Gasteiger partial charge in [0.1, 0.15) is 0 Å². The second-order valence-corrected chi connectivity index (χ2v) is 6.94. The average molecular weight is 265 g/mol. The normalized spacial score (nSPS) is 33.8. The fourth-order valence-electron chi connectivity index (χ4n) is 3.55.